The summed E-state index contributed by atoms with van der Waals surface area (Å²) in [5.41, 5.74) is 7.61. The van der Waals surface area contributed by atoms with E-state index in [-0.39, 0.29) is 11.7 Å². The zero-order valence-electron chi connectivity index (χ0n) is 13.9. The standard InChI is InChI=1S/C19H18N4O2S/c20-17(24)12-26-16-8-4-3-7-15(16)19(25)23-11-13-5-1-2-6-14(13)18-21-9-10-22-18/h1-10H,11-12H2,(H2,20,24)(H,21,22)(H,23,25). The number of nitrogens with one attached hydrogen (secondary N) is 2. The number of hydrogen-bond donors (Lipinski definition) is 3. The summed E-state index contributed by atoms with van der Waals surface area (Å²) in [5.74, 6) is 0.266. The third kappa shape index (κ3) is 4.31. The second kappa shape index (κ2) is 8.35. The smallest absolute Gasteiger partial charge is 0.252 e. The van der Waals surface area contributed by atoms with Gasteiger partial charge < -0.3 is 16.0 Å². The number of primary amides is 1. The van der Waals surface area contributed by atoms with E-state index in [0.29, 0.717) is 12.1 Å². The molecule has 6 nitrogen and oxygen atoms in total. The van der Waals surface area contributed by atoms with E-state index in [1.54, 1.807) is 30.6 Å². The maximum Gasteiger partial charge on any atom is 0.252 e. The molecule has 3 rings (SSSR count). The summed E-state index contributed by atoms with van der Waals surface area (Å²) in [6.45, 7) is 0.366. The number of aromatic amines is 1. The van der Waals surface area contributed by atoms with Crippen LogP contribution >= 0.6 is 11.8 Å². The van der Waals surface area contributed by atoms with Crippen molar-refractivity contribution < 1.29 is 9.59 Å². The first kappa shape index (κ1) is 17.8. The second-order valence-electron chi connectivity index (χ2n) is 5.53. The second-order valence-corrected chi connectivity index (χ2v) is 6.55. The summed E-state index contributed by atoms with van der Waals surface area (Å²) in [5, 5.41) is 2.94. The number of benzene rings is 2. The van der Waals surface area contributed by atoms with E-state index in [2.05, 4.69) is 15.3 Å². The highest BCUT2D eigenvalue weighted by Crippen LogP contribution is 2.23. The Morgan fingerprint density at radius 3 is 2.65 bits per heavy atom. The fourth-order valence-electron chi connectivity index (χ4n) is 2.52. The predicted molar refractivity (Wildman–Crippen MR) is 102 cm³/mol. The van der Waals surface area contributed by atoms with Gasteiger partial charge in [-0.15, -0.1) is 11.8 Å². The van der Waals surface area contributed by atoms with Crippen molar-refractivity contribution in [2.45, 2.75) is 11.4 Å². The molecule has 1 aromatic heterocycles. The molecule has 26 heavy (non-hydrogen) atoms. The van der Waals surface area contributed by atoms with Gasteiger partial charge in [0.1, 0.15) is 5.82 Å². The zero-order valence-corrected chi connectivity index (χ0v) is 14.8. The number of thioether (sulfide) groups is 1. The molecule has 2 aromatic carbocycles. The van der Waals surface area contributed by atoms with Gasteiger partial charge >= 0.3 is 0 Å². The normalized spacial score (nSPS) is 10.5. The van der Waals surface area contributed by atoms with Crippen LogP contribution in [0.4, 0.5) is 0 Å². The summed E-state index contributed by atoms with van der Waals surface area (Å²) in [6.07, 6.45) is 3.45. The van der Waals surface area contributed by atoms with Gasteiger partial charge in [0, 0.05) is 29.4 Å². The van der Waals surface area contributed by atoms with Crippen molar-refractivity contribution in [3.05, 3.63) is 72.1 Å². The van der Waals surface area contributed by atoms with Crippen LogP contribution in [0.5, 0.6) is 0 Å². The minimum atomic E-state index is -0.419. The highest BCUT2D eigenvalue weighted by molar-refractivity contribution is 8.00. The van der Waals surface area contributed by atoms with Crippen LogP contribution in [0.15, 0.2) is 65.8 Å². The summed E-state index contributed by atoms with van der Waals surface area (Å²) >= 11 is 1.26. The largest absolute Gasteiger partial charge is 0.369 e. The molecule has 0 aliphatic rings. The van der Waals surface area contributed by atoms with Gasteiger partial charge in [-0.2, -0.15) is 0 Å². The van der Waals surface area contributed by atoms with Crippen LogP contribution in [0.3, 0.4) is 0 Å². The summed E-state index contributed by atoms with van der Waals surface area (Å²) in [7, 11) is 0. The van der Waals surface area contributed by atoms with Crippen LogP contribution in [0, 0.1) is 0 Å². The van der Waals surface area contributed by atoms with E-state index < -0.39 is 5.91 Å². The Morgan fingerprint density at radius 1 is 1.12 bits per heavy atom. The number of imidazole rings is 1. The van der Waals surface area contributed by atoms with Crippen LogP contribution < -0.4 is 11.1 Å². The molecule has 0 fully saturated rings. The quantitative estimate of drug-likeness (QED) is 0.560. The number of carbonyl (C=O) groups excluding carboxylic acids is 2. The Balaban J connectivity index is 1.74. The van der Waals surface area contributed by atoms with Crippen LogP contribution in [0.2, 0.25) is 0 Å². The molecule has 0 spiro atoms. The van der Waals surface area contributed by atoms with Crippen molar-refractivity contribution >= 4 is 23.6 Å². The number of nitrogens with two attached hydrogens (primary N) is 1. The molecule has 0 aliphatic heterocycles. The molecular formula is C19H18N4O2S. The molecule has 0 bridgehead atoms. The molecule has 4 N–H and O–H groups in total. The first-order valence-electron chi connectivity index (χ1n) is 8.01. The average Bonchev–Trinajstić information content (AvgIpc) is 3.19. The van der Waals surface area contributed by atoms with Crippen LogP contribution in [0.1, 0.15) is 15.9 Å². The van der Waals surface area contributed by atoms with E-state index in [4.69, 9.17) is 5.73 Å². The number of rotatable bonds is 7. The lowest BCUT2D eigenvalue weighted by atomic mass is 10.1. The lowest BCUT2D eigenvalue weighted by Crippen LogP contribution is -2.24. The molecule has 0 radical (unpaired) electrons. The van der Waals surface area contributed by atoms with E-state index in [1.165, 1.54) is 11.8 Å². The minimum Gasteiger partial charge on any atom is -0.369 e. The van der Waals surface area contributed by atoms with Gasteiger partial charge in [-0.05, 0) is 17.7 Å². The van der Waals surface area contributed by atoms with E-state index in [1.807, 2.05) is 30.3 Å². The summed E-state index contributed by atoms with van der Waals surface area (Å²) < 4.78 is 0. The molecule has 2 amide bonds. The number of amides is 2. The van der Waals surface area contributed by atoms with Crippen LogP contribution in [0.25, 0.3) is 11.4 Å². The van der Waals surface area contributed by atoms with Gasteiger partial charge in [-0.1, -0.05) is 36.4 Å². The van der Waals surface area contributed by atoms with Gasteiger partial charge in [-0.25, -0.2) is 4.98 Å². The van der Waals surface area contributed by atoms with E-state index >= 15 is 0 Å². The first-order valence-corrected chi connectivity index (χ1v) is 8.99. The zero-order chi connectivity index (χ0) is 18.4. The van der Waals surface area contributed by atoms with Crippen molar-refractivity contribution in [2.24, 2.45) is 5.73 Å². The average molecular weight is 366 g/mol. The molecular weight excluding hydrogens is 348 g/mol. The van der Waals surface area contributed by atoms with Crippen LogP contribution in [-0.2, 0) is 11.3 Å². The molecule has 3 aromatic rings. The number of nitrogens with zero attached hydrogens (tertiary/aromatic N) is 1. The molecule has 0 aliphatic carbocycles. The molecule has 1 heterocycles. The maximum absolute atomic E-state index is 12.6. The van der Waals surface area contributed by atoms with Crippen molar-refractivity contribution in [1.82, 2.24) is 15.3 Å². The van der Waals surface area contributed by atoms with Gasteiger partial charge in [0.15, 0.2) is 0 Å². The molecule has 0 unspecified atom stereocenters. The summed E-state index contributed by atoms with van der Waals surface area (Å²) in [6, 6.07) is 14.9. The highest BCUT2D eigenvalue weighted by atomic mass is 32.2. The molecule has 0 saturated carbocycles. The Hall–Kier alpha value is -3.06. The fourth-order valence-corrected chi connectivity index (χ4v) is 3.31. The number of aromatic nitrogens is 2. The summed E-state index contributed by atoms with van der Waals surface area (Å²) in [4.78, 5) is 31.7. The Morgan fingerprint density at radius 2 is 1.88 bits per heavy atom. The lowest BCUT2D eigenvalue weighted by Gasteiger charge is -2.11. The highest BCUT2D eigenvalue weighted by Gasteiger charge is 2.13. The Bertz CT molecular complexity index is 909. The first-order chi connectivity index (χ1) is 12.6. The molecule has 0 saturated heterocycles. The van der Waals surface area contributed by atoms with Crippen molar-refractivity contribution in [3.63, 3.8) is 0 Å². The number of H-pyrrole nitrogens is 1. The minimum absolute atomic E-state index is 0.131. The third-order valence-corrected chi connectivity index (χ3v) is 4.81. The number of carbonyl (C=O) groups is 2. The van der Waals surface area contributed by atoms with E-state index in [0.717, 1.165) is 21.8 Å². The Kier molecular flexibility index (Phi) is 5.70. The monoisotopic (exact) mass is 366 g/mol. The molecule has 132 valence electrons. The van der Waals surface area contributed by atoms with Gasteiger partial charge in [-0.3, -0.25) is 9.59 Å². The Labute approximate surface area is 155 Å². The topological polar surface area (TPSA) is 101 Å². The van der Waals surface area contributed by atoms with Gasteiger partial charge in [0.2, 0.25) is 5.91 Å². The van der Waals surface area contributed by atoms with E-state index in [9.17, 15) is 9.59 Å². The number of hydrogen-bond acceptors (Lipinski definition) is 4. The third-order valence-electron chi connectivity index (χ3n) is 3.71. The van der Waals surface area contributed by atoms with Gasteiger partial charge in [0.05, 0.1) is 11.3 Å². The van der Waals surface area contributed by atoms with Crippen molar-refractivity contribution in [1.29, 1.82) is 0 Å². The maximum atomic E-state index is 12.6. The lowest BCUT2D eigenvalue weighted by molar-refractivity contribution is -0.115. The fraction of sp³-hybridized carbons (Fsp3) is 0.105. The van der Waals surface area contributed by atoms with Crippen molar-refractivity contribution in [2.75, 3.05) is 5.75 Å². The van der Waals surface area contributed by atoms with Crippen molar-refractivity contribution in [3.8, 4) is 11.4 Å². The van der Waals surface area contributed by atoms with Crippen LogP contribution in [-0.4, -0.2) is 27.5 Å². The molecule has 0 atom stereocenters. The molecule has 7 heteroatoms. The van der Waals surface area contributed by atoms with Gasteiger partial charge in [0.25, 0.3) is 5.91 Å². The SMILES string of the molecule is NC(=O)CSc1ccccc1C(=O)NCc1ccccc1-c1ncc[nH]1. The predicted octanol–water partition coefficient (Wildman–Crippen LogP) is 2.58.